The third-order valence-electron chi connectivity index (χ3n) is 5.90. The molecule has 0 aliphatic carbocycles. The van der Waals surface area contributed by atoms with Gasteiger partial charge in [-0.1, -0.05) is 11.6 Å². The molecule has 4 rings (SSSR count). The van der Waals surface area contributed by atoms with Gasteiger partial charge in [0.1, 0.15) is 17.2 Å². The van der Waals surface area contributed by atoms with E-state index in [4.69, 9.17) is 25.8 Å². The van der Waals surface area contributed by atoms with E-state index < -0.39 is 0 Å². The number of amides is 2. The largest absolute Gasteiger partial charge is 0.497 e. The Morgan fingerprint density at radius 2 is 1.53 bits per heavy atom. The number of nitrogens with one attached hydrogen (secondary N) is 1. The molecule has 8 nitrogen and oxygen atoms in total. The van der Waals surface area contributed by atoms with Crippen molar-refractivity contribution in [2.24, 2.45) is 0 Å². The molecule has 2 amide bonds. The fourth-order valence-corrected chi connectivity index (χ4v) is 4.13. The summed E-state index contributed by atoms with van der Waals surface area (Å²) in [6.07, 6.45) is 0. The number of ether oxygens (including phenoxy) is 3. The minimum Gasteiger partial charge on any atom is -0.497 e. The van der Waals surface area contributed by atoms with Crippen molar-refractivity contribution in [2.45, 2.75) is 0 Å². The second kappa shape index (κ2) is 11.7. The number of hydrogen-bond donors (Lipinski definition) is 1. The highest BCUT2D eigenvalue weighted by Crippen LogP contribution is 2.26. The predicted octanol–water partition coefficient (Wildman–Crippen LogP) is 4.34. The maximum atomic E-state index is 13.0. The van der Waals surface area contributed by atoms with E-state index in [-0.39, 0.29) is 18.4 Å². The molecule has 36 heavy (non-hydrogen) atoms. The average molecular weight is 510 g/mol. The van der Waals surface area contributed by atoms with Gasteiger partial charge in [-0.15, -0.1) is 0 Å². The molecule has 0 bridgehead atoms. The standard InChI is InChI=1S/C27H28ClN3O5/c1-34-22-8-10-23(11-9-22)36-18-26(32)29-20-4-6-21(7-5-20)30-13-15-31(16-14-30)27(33)24-17-19(28)3-12-25(24)35-2/h3-12,17H,13-16,18H2,1-2H3,(H,29,32). The molecule has 1 aliphatic heterocycles. The molecular weight excluding hydrogens is 482 g/mol. The Morgan fingerprint density at radius 1 is 0.861 bits per heavy atom. The minimum absolute atomic E-state index is 0.0936. The Kier molecular flexibility index (Phi) is 8.17. The Balaban J connectivity index is 1.27. The van der Waals surface area contributed by atoms with Gasteiger partial charge in [-0.3, -0.25) is 9.59 Å². The van der Waals surface area contributed by atoms with Crippen LogP contribution in [0.2, 0.25) is 5.02 Å². The number of benzene rings is 3. The molecule has 3 aromatic carbocycles. The number of carbonyl (C=O) groups excluding carboxylic acids is 2. The summed E-state index contributed by atoms with van der Waals surface area (Å²) in [6.45, 7) is 2.44. The van der Waals surface area contributed by atoms with E-state index in [2.05, 4.69) is 10.2 Å². The first-order valence-corrected chi connectivity index (χ1v) is 11.9. The summed E-state index contributed by atoms with van der Waals surface area (Å²) in [5.74, 6) is 1.49. The van der Waals surface area contributed by atoms with Gasteiger partial charge in [0.25, 0.3) is 11.8 Å². The smallest absolute Gasteiger partial charge is 0.262 e. The van der Waals surface area contributed by atoms with E-state index >= 15 is 0 Å². The molecule has 0 unspecified atom stereocenters. The van der Waals surface area contributed by atoms with Crippen molar-refractivity contribution < 1.29 is 23.8 Å². The van der Waals surface area contributed by atoms with Gasteiger partial charge in [-0.05, 0) is 66.7 Å². The highest BCUT2D eigenvalue weighted by Gasteiger charge is 2.24. The summed E-state index contributed by atoms with van der Waals surface area (Å²) in [6, 6.07) is 19.7. The molecule has 0 aromatic heterocycles. The molecule has 188 valence electrons. The maximum Gasteiger partial charge on any atom is 0.262 e. The quantitative estimate of drug-likeness (QED) is 0.486. The van der Waals surface area contributed by atoms with Crippen LogP contribution in [0.5, 0.6) is 17.2 Å². The molecule has 9 heteroatoms. The zero-order valence-electron chi connectivity index (χ0n) is 20.2. The lowest BCUT2D eigenvalue weighted by atomic mass is 10.1. The van der Waals surface area contributed by atoms with Crippen LogP contribution < -0.4 is 24.4 Å². The van der Waals surface area contributed by atoms with Crippen LogP contribution in [0, 0.1) is 0 Å². The van der Waals surface area contributed by atoms with Gasteiger partial charge in [0.2, 0.25) is 0 Å². The fraction of sp³-hybridized carbons (Fsp3) is 0.259. The van der Waals surface area contributed by atoms with E-state index in [1.54, 1.807) is 49.6 Å². The van der Waals surface area contributed by atoms with E-state index in [9.17, 15) is 9.59 Å². The van der Waals surface area contributed by atoms with Gasteiger partial charge in [0.05, 0.1) is 19.8 Å². The number of hydrogen-bond acceptors (Lipinski definition) is 6. The molecule has 0 spiro atoms. The minimum atomic E-state index is -0.248. The highest BCUT2D eigenvalue weighted by molar-refractivity contribution is 6.31. The lowest BCUT2D eigenvalue weighted by Crippen LogP contribution is -2.48. The predicted molar refractivity (Wildman–Crippen MR) is 140 cm³/mol. The van der Waals surface area contributed by atoms with E-state index in [1.807, 2.05) is 29.2 Å². The Hall–Kier alpha value is -3.91. The summed E-state index contributed by atoms with van der Waals surface area (Å²) >= 11 is 6.09. The van der Waals surface area contributed by atoms with Crippen LogP contribution in [0.15, 0.2) is 66.7 Å². The Bertz CT molecular complexity index is 1190. The van der Waals surface area contributed by atoms with Crippen molar-refractivity contribution in [3.8, 4) is 17.2 Å². The number of halogens is 1. The number of methoxy groups -OCH3 is 2. The van der Waals surface area contributed by atoms with Gasteiger partial charge in [0, 0.05) is 42.6 Å². The monoisotopic (exact) mass is 509 g/mol. The molecule has 1 saturated heterocycles. The number of piperazine rings is 1. The van der Waals surface area contributed by atoms with Crippen molar-refractivity contribution in [1.29, 1.82) is 0 Å². The first-order chi connectivity index (χ1) is 17.5. The van der Waals surface area contributed by atoms with E-state index in [1.165, 1.54) is 7.11 Å². The lowest BCUT2D eigenvalue weighted by molar-refractivity contribution is -0.118. The van der Waals surface area contributed by atoms with Gasteiger partial charge in [-0.2, -0.15) is 0 Å². The van der Waals surface area contributed by atoms with Gasteiger partial charge >= 0.3 is 0 Å². The van der Waals surface area contributed by atoms with Crippen molar-refractivity contribution in [1.82, 2.24) is 4.90 Å². The molecule has 0 saturated carbocycles. The van der Waals surface area contributed by atoms with Crippen LogP contribution in [0.25, 0.3) is 0 Å². The van der Waals surface area contributed by atoms with Crippen LogP contribution in [0.1, 0.15) is 10.4 Å². The van der Waals surface area contributed by atoms with E-state index in [0.29, 0.717) is 54.0 Å². The normalized spacial score (nSPS) is 13.2. The third-order valence-corrected chi connectivity index (χ3v) is 6.14. The van der Waals surface area contributed by atoms with Crippen molar-refractivity contribution in [3.63, 3.8) is 0 Å². The molecule has 1 fully saturated rings. The van der Waals surface area contributed by atoms with Crippen LogP contribution in [-0.2, 0) is 4.79 Å². The highest BCUT2D eigenvalue weighted by atomic mass is 35.5. The summed E-state index contributed by atoms with van der Waals surface area (Å²) in [5.41, 5.74) is 2.17. The van der Waals surface area contributed by atoms with Crippen LogP contribution in [0.4, 0.5) is 11.4 Å². The third kappa shape index (κ3) is 6.20. The van der Waals surface area contributed by atoms with Crippen LogP contribution >= 0.6 is 11.6 Å². The number of anilines is 2. The van der Waals surface area contributed by atoms with Gasteiger partial charge in [-0.25, -0.2) is 0 Å². The average Bonchev–Trinajstić information content (AvgIpc) is 2.92. The Labute approximate surface area is 215 Å². The summed E-state index contributed by atoms with van der Waals surface area (Å²) < 4.78 is 16.0. The zero-order chi connectivity index (χ0) is 25.5. The SMILES string of the molecule is COc1ccc(OCC(=O)Nc2ccc(N3CCN(C(=O)c4cc(Cl)ccc4OC)CC3)cc2)cc1. The summed E-state index contributed by atoms with van der Waals surface area (Å²) in [5, 5.41) is 3.34. The van der Waals surface area contributed by atoms with Gasteiger partial charge < -0.3 is 29.3 Å². The lowest BCUT2D eigenvalue weighted by Gasteiger charge is -2.36. The molecule has 1 heterocycles. The first kappa shape index (κ1) is 25.2. The second-order valence-electron chi connectivity index (χ2n) is 8.18. The topological polar surface area (TPSA) is 80.3 Å². The molecular formula is C27H28ClN3O5. The number of carbonyl (C=O) groups is 2. The molecule has 0 atom stereocenters. The Morgan fingerprint density at radius 3 is 2.17 bits per heavy atom. The van der Waals surface area contributed by atoms with Gasteiger partial charge in [0.15, 0.2) is 6.61 Å². The summed E-state index contributed by atoms with van der Waals surface area (Å²) in [7, 11) is 3.13. The molecule has 0 radical (unpaired) electrons. The van der Waals surface area contributed by atoms with Crippen molar-refractivity contribution >= 4 is 34.8 Å². The zero-order valence-corrected chi connectivity index (χ0v) is 21.0. The van der Waals surface area contributed by atoms with Crippen molar-refractivity contribution in [3.05, 3.63) is 77.3 Å². The van der Waals surface area contributed by atoms with Crippen LogP contribution in [-0.4, -0.2) is 63.7 Å². The fourth-order valence-electron chi connectivity index (χ4n) is 3.96. The molecule has 1 aliphatic rings. The molecule has 1 N–H and O–H groups in total. The van der Waals surface area contributed by atoms with E-state index in [0.717, 1.165) is 11.4 Å². The van der Waals surface area contributed by atoms with Crippen molar-refractivity contribution in [2.75, 3.05) is 57.2 Å². The number of rotatable bonds is 8. The first-order valence-electron chi connectivity index (χ1n) is 11.5. The summed E-state index contributed by atoms with van der Waals surface area (Å²) in [4.78, 5) is 29.3. The second-order valence-corrected chi connectivity index (χ2v) is 8.62. The number of nitrogens with zero attached hydrogens (tertiary/aromatic N) is 2. The van der Waals surface area contributed by atoms with Crippen LogP contribution in [0.3, 0.4) is 0 Å². The molecule has 3 aromatic rings. The maximum absolute atomic E-state index is 13.0.